The van der Waals surface area contributed by atoms with E-state index in [0.717, 1.165) is 19.4 Å². The van der Waals surface area contributed by atoms with Crippen LogP contribution in [0.5, 0.6) is 0 Å². The van der Waals surface area contributed by atoms with Crippen LogP contribution >= 0.6 is 0 Å². The van der Waals surface area contributed by atoms with Crippen LogP contribution in [0, 0.1) is 0 Å². The standard InChI is InChI=1S/C9H18N2O2/c1-7(6-13-2)11-9(12)8-4-3-5-10-8/h7-8,10H,3-6H2,1-2H3,(H,11,12). The van der Waals surface area contributed by atoms with Crippen molar-refractivity contribution >= 4 is 5.91 Å². The highest BCUT2D eigenvalue weighted by Crippen LogP contribution is 2.04. The number of hydrogen-bond acceptors (Lipinski definition) is 3. The second-order valence-electron chi connectivity index (χ2n) is 3.51. The van der Waals surface area contributed by atoms with Crippen LogP contribution in [0.25, 0.3) is 0 Å². The van der Waals surface area contributed by atoms with Crippen molar-refractivity contribution in [1.82, 2.24) is 10.6 Å². The van der Waals surface area contributed by atoms with Crippen LogP contribution in [0.15, 0.2) is 0 Å². The van der Waals surface area contributed by atoms with E-state index >= 15 is 0 Å². The summed E-state index contributed by atoms with van der Waals surface area (Å²) in [5.41, 5.74) is 0. The first-order chi connectivity index (χ1) is 6.24. The lowest BCUT2D eigenvalue weighted by Gasteiger charge is -2.16. The zero-order valence-electron chi connectivity index (χ0n) is 8.30. The topological polar surface area (TPSA) is 50.4 Å². The van der Waals surface area contributed by atoms with Crippen LogP contribution in [0.4, 0.5) is 0 Å². The average Bonchev–Trinajstić information content (AvgIpc) is 2.55. The zero-order valence-corrected chi connectivity index (χ0v) is 8.30. The second kappa shape index (κ2) is 5.19. The van der Waals surface area contributed by atoms with Gasteiger partial charge in [0.05, 0.1) is 12.6 Å². The monoisotopic (exact) mass is 186 g/mol. The Morgan fingerprint density at radius 3 is 3.08 bits per heavy atom. The quantitative estimate of drug-likeness (QED) is 0.644. The molecule has 1 saturated heterocycles. The van der Waals surface area contributed by atoms with Gasteiger partial charge in [-0.3, -0.25) is 4.79 Å². The van der Waals surface area contributed by atoms with Gasteiger partial charge in [0.25, 0.3) is 0 Å². The van der Waals surface area contributed by atoms with E-state index in [9.17, 15) is 4.79 Å². The molecular formula is C9H18N2O2. The van der Waals surface area contributed by atoms with Crippen LogP contribution in [0.3, 0.4) is 0 Å². The van der Waals surface area contributed by atoms with Crippen molar-refractivity contribution in [1.29, 1.82) is 0 Å². The molecule has 0 spiro atoms. The lowest BCUT2D eigenvalue weighted by Crippen LogP contribution is -2.45. The van der Waals surface area contributed by atoms with E-state index in [1.807, 2.05) is 6.92 Å². The highest BCUT2D eigenvalue weighted by molar-refractivity contribution is 5.82. The Balaban J connectivity index is 2.23. The summed E-state index contributed by atoms with van der Waals surface area (Å²) >= 11 is 0. The van der Waals surface area contributed by atoms with Crippen LogP contribution < -0.4 is 10.6 Å². The van der Waals surface area contributed by atoms with Gasteiger partial charge >= 0.3 is 0 Å². The molecule has 13 heavy (non-hydrogen) atoms. The molecular weight excluding hydrogens is 168 g/mol. The Morgan fingerprint density at radius 1 is 1.77 bits per heavy atom. The predicted molar refractivity (Wildman–Crippen MR) is 50.5 cm³/mol. The Bertz CT molecular complexity index is 167. The SMILES string of the molecule is COCC(C)NC(=O)C1CCCN1. The molecule has 1 rings (SSSR count). The Labute approximate surface area is 79.0 Å². The van der Waals surface area contributed by atoms with Crippen molar-refractivity contribution in [2.24, 2.45) is 0 Å². The van der Waals surface area contributed by atoms with Crippen molar-refractivity contribution < 1.29 is 9.53 Å². The Kier molecular flexibility index (Phi) is 4.18. The minimum Gasteiger partial charge on any atom is -0.383 e. The van der Waals surface area contributed by atoms with Gasteiger partial charge in [0.15, 0.2) is 0 Å². The van der Waals surface area contributed by atoms with Gasteiger partial charge in [-0.05, 0) is 26.3 Å². The van der Waals surface area contributed by atoms with Gasteiger partial charge in [0.2, 0.25) is 5.91 Å². The first-order valence-corrected chi connectivity index (χ1v) is 4.76. The molecule has 76 valence electrons. The number of carbonyl (C=O) groups excluding carboxylic acids is 1. The van der Waals surface area contributed by atoms with E-state index < -0.39 is 0 Å². The molecule has 1 heterocycles. The van der Waals surface area contributed by atoms with E-state index in [1.54, 1.807) is 7.11 Å². The van der Waals surface area contributed by atoms with E-state index in [0.29, 0.717) is 6.61 Å². The molecule has 0 aromatic heterocycles. The third-order valence-electron chi connectivity index (χ3n) is 2.18. The van der Waals surface area contributed by atoms with E-state index in [-0.39, 0.29) is 18.0 Å². The van der Waals surface area contributed by atoms with Gasteiger partial charge in [-0.2, -0.15) is 0 Å². The summed E-state index contributed by atoms with van der Waals surface area (Å²) in [4.78, 5) is 11.5. The third-order valence-corrected chi connectivity index (χ3v) is 2.18. The summed E-state index contributed by atoms with van der Waals surface area (Å²) in [6.45, 7) is 3.46. The summed E-state index contributed by atoms with van der Waals surface area (Å²) in [6, 6.07) is 0.110. The van der Waals surface area contributed by atoms with Crippen LogP contribution in [0.2, 0.25) is 0 Å². The highest BCUT2D eigenvalue weighted by atomic mass is 16.5. The van der Waals surface area contributed by atoms with Crippen molar-refractivity contribution in [2.45, 2.75) is 31.8 Å². The molecule has 1 amide bonds. The van der Waals surface area contributed by atoms with Crippen molar-refractivity contribution in [3.63, 3.8) is 0 Å². The van der Waals surface area contributed by atoms with Gasteiger partial charge < -0.3 is 15.4 Å². The molecule has 4 nitrogen and oxygen atoms in total. The highest BCUT2D eigenvalue weighted by Gasteiger charge is 2.22. The molecule has 0 radical (unpaired) electrons. The Hall–Kier alpha value is -0.610. The molecule has 1 fully saturated rings. The fourth-order valence-corrected chi connectivity index (χ4v) is 1.54. The summed E-state index contributed by atoms with van der Waals surface area (Å²) in [6.07, 6.45) is 2.04. The normalized spacial score (nSPS) is 24.3. The number of amides is 1. The minimum atomic E-state index is 0.0132. The molecule has 0 aliphatic carbocycles. The fraction of sp³-hybridized carbons (Fsp3) is 0.889. The lowest BCUT2D eigenvalue weighted by molar-refractivity contribution is -0.123. The molecule has 4 heteroatoms. The van der Waals surface area contributed by atoms with Crippen LogP contribution in [-0.4, -0.2) is 38.3 Å². The van der Waals surface area contributed by atoms with E-state index in [1.165, 1.54) is 0 Å². The number of ether oxygens (including phenoxy) is 1. The minimum absolute atomic E-state index is 0.0132. The van der Waals surface area contributed by atoms with Gasteiger partial charge in [0, 0.05) is 13.2 Å². The molecule has 1 aliphatic heterocycles. The number of nitrogens with one attached hydrogen (secondary N) is 2. The third kappa shape index (κ3) is 3.32. The van der Waals surface area contributed by atoms with Crippen LogP contribution in [-0.2, 0) is 9.53 Å². The Morgan fingerprint density at radius 2 is 2.54 bits per heavy atom. The molecule has 0 aromatic carbocycles. The van der Waals surface area contributed by atoms with Crippen LogP contribution in [0.1, 0.15) is 19.8 Å². The predicted octanol–water partition coefficient (Wildman–Crippen LogP) is -0.110. The van der Waals surface area contributed by atoms with Crippen molar-refractivity contribution in [2.75, 3.05) is 20.3 Å². The lowest BCUT2D eigenvalue weighted by atomic mass is 10.2. The van der Waals surface area contributed by atoms with Crippen molar-refractivity contribution in [3.8, 4) is 0 Å². The summed E-state index contributed by atoms with van der Waals surface area (Å²) in [5.74, 6) is 0.0991. The fourth-order valence-electron chi connectivity index (χ4n) is 1.54. The largest absolute Gasteiger partial charge is 0.383 e. The molecule has 2 unspecified atom stereocenters. The number of carbonyl (C=O) groups is 1. The smallest absolute Gasteiger partial charge is 0.237 e. The first kappa shape index (κ1) is 10.5. The molecule has 0 bridgehead atoms. The number of rotatable bonds is 4. The number of methoxy groups -OCH3 is 1. The maximum atomic E-state index is 11.5. The first-order valence-electron chi connectivity index (χ1n) is 4.76. The van der Waals surface area contributed by atoms with Gasteiger partial charge in [0.1, 0.15) is 0 Å². The maximum absolute atomic E-state index is 11.5. The molecule has 2 atom stereocenters. The zero-order chi connectivity index (χ0) is 9.68. The molecule has 0 aromatic rings. The molecule has 1 aliphatic rings. The average molecular weight is 186 g/mol. The summed E-state index contributed by atoms with van der Waals surface area (Å²) < 4.78 is 4.93. The molecule has 0 saturated carbocycles. The van der Waals surface area contributed by atoms with Gasteiger partial charge in [-0.25, -0.2) is 0 Å². The van der Waals surface area contributed by atoms with Crippen molar-refractivity contribution in [3.05, 3.63) is 0 Å². The molecule has 2 N–H and O–H groups in total. The van der Waals surface area contributed by atoms with Gasteiger partial charge in [-0.15, -0.1) is 0 Å². The second-order valence-corrected chi connectivity index (χ2v) is 3.51. The van der Waals surface area contributed by atoms with E-state index in [4.69, 9.17) is 4.74 Å². The van der Waals surface area contributed by atoms with E-state index in [2.05, 4.69) is 10.6 Å². The summed E-state index contributed by atoms with van der Waals surface area (Å²) in [7, 11) is 1.64. The number of hydrogen-bond donors (Lipinski definition) is 2. The van der Waals surface area contributed by atoms with Gasteiger partial charge in [-0.1, -0.05) is 0 Å². The summed E-state index contributed by atoms with van der Waals surface area (Å²) in [5, 5.41) is 6.05. The maximum Gasteiger partial charge on any atom is 0.237 e.